The lowest BCUT2D eigenvalue weighted by atomic mass is 9.77. The van der Waals surface area contributed by atoms with E-state index in [0.717, 1.165) is 12.0 Å². The number of hydrazone groups is 1. The van der Waals surface area contributed by atoms with Crippen LogP contribution in [-0.2, 0) is 4.74 Å². The van der Waals surface area contributed by atoms with E-state index < -0.39 is 26.7 Å². The first kappa shape index (κ1) is 29.6. The number of hydrogen-bond acceptors (Lipinski definition) is 10. The molecule has 0 unspecified atom stereocenters. The van der Waals surface area contributed by atoms with Crippen molar-refractivity contribution in [3.8, 4) is 0 Å². The van der Waals surface area contributed by atoms with Gasteiger partial charge in [-0.1, -0.05) is 24.3 Å². The summed E-state index contributed by atoms with van der Waals surface area (Å²) >= 11 is 0. The number of benzene rings is 3. The lowest BCUT2D eigenvalue weighted by Crippen LogP contribution is -2.36. The average Bonchev–Trinajstić information content (AvgIpc) is 3.45. The quantitative estimate of drug-likeness (QED) is 0.240. The van der Waals surface area contributed by atoms with E-state index in [0.29, 0.717) is 61.7 Å². The fourth-order valence-electron chi connectivity index (χ4n) is 6.26. The summed E-state index contributed by atoms with van der Waals surface area (Å²) in [4.78, 5) is 49.6. The van der Waals surface area contributed by atoms with Gasteiger partial charge in [-0.3, -0.25) is 35.1 Å². The Balaban J connectivity index is 1.43. The number of morpholine rings is 1. The summed E-state index contributed by atoms with van der Waals surface area (Å²) in [5.74, 6) is -0.906. The summed E-state index contributed by atoms with van der Waals surface area (Å²) in [6.45, 7) is 1.82. The number of hydrogen-bond donors (Lipinski definition) is 0. The molecular weight excluding hydrogens is 584 g/mol. The van der Waals surface area contributed by atoms with Gasteiger partial charge < -0.3 is 9.64 Å². The fraction of sp³-hybridized carbons (Fsp3) is 0.290. The van der Waals surface area contributed by atoms with Crippen molar-refractivity contribution in [2.24, 2.45) is 11.0 Å². The number of nitro benzene ring substituents is 3. The molecule has 6 rings (SSSR count). The Kier molecular flexibility index (Phi) is 8.04. The smallest absolute Gasteiger partial charge is 0.293 e. The highest BCUT2D eigenvalue weighted by molar-refractivity contribution is 6.09. The standard InChI is InChI=1S/C31H28N6O8/c38-31(23-10-11-27(28(19-23)37(43)44)33-12-14-45-15-13-33)34-30(22-6-2-8-25(18-22)36(41)42)26-9-3-5-21(29(26)32-34)16-20-4-1-7-24(17-20)35(39)40/h1-2,4,6-8,10-11,16-19,26,30H,3,5,9,12-15H2/b21-16+/t26-,30-/m0/s1. The van der Waals surface area contributed by atoms with Gasteiger partial charge in [0.2, 0.25) is 0 Å². The number of rotatable bonds is 7. The van der Waals surface area contributed by atoms with Crippen molar-refractivity contribution in [1.29, 1.82) is 0 Å². The van der Waals surface area contributed by atoms with E-state index in [1.165, 1.54) is 41.4 Å². The van der Waals surface area contributed by atoms with Crippen LogP contribution >= 0.6 is 0 Å². The summed E-state index contributed by atoms with van der Waals surface area (Å²) in [7, 11) is 0. The van der Waals surface area contributed by atoms with Crippen LogP contribution in [0.5, 0.6) is 0 Å². The van der Waals surface area contributed by atoms with Crippen LogP contribution in [0.2, 0.25) is 0 Å². The zero-order valence-corrected chi connectivity index (χ0v) is 24.0. The van der Waals surface area contributed by atoms with Gasteiger partial charge in [-0.15, -0.1) is 0 Å². The highest BCUT2D eigenvalue weighted by Gasteiger charge is 2.44. The molecule has 0 aromatic heterocycles. The summed E-state index contributed by atoms with van der Waals surface area (Å²) in [5, 5.41) is 41.2. The second-order valence-corrected chi connectivity index (χ2v) is 11.0. The van der Waals surface area contributed by atoms with E-state index >= 15 is 0 Å². The van der Waals surface area contributed by atoms with Gasteiger partial charge >= 0.3 is 0 Å². The molecule has 3 aliphatic rings. The van der Waals surface area contributed by atoms with Crippen molar-refractivity contribution in [2.75, 3.05) is 31.2 Å². The number of ether oxygens (including phenoxy) is 1. The van der Waals surface area contributed by atoms with E-state index in [4.69, 9.17) is 9.84 Å². The lowest BCUT2D eigenvalue weighted by molar-refractivity contribution is -0.385. The largest absolute Gasteiger partial charge is 0.378 e. The molecule has 2 atom stereocenters. The number of allylic oxidation sites excluding steroid dienone is 1. The number of carbonyl (C=O) groups is 1. The first-order valence-corrected chi connectivity index (χ1v) is 14.4. The van der Waals surface area contributed by atoms with Gasteiger partial charge in [-0.25, -0.2) is 5.01 Å². The SMILES string of the molecule is O=C(c1ccc(N2CCOCC2)c([N+](=O)[O-])c1)N1N=C2/C(=C/c3cccc([N+](=O)[O-])c3)CCC[C@@H]2[C@@H]1c1cccc([N+](=O)[O-])c1. The van der Waals surface area contributed by atoms with Crippen LogP contribution in [0, 0.1) is 36.3 Å². The van der Waals surface area contributed by atoms with Crippen molar-refractivity contribution in [3.05, 3.63) is 119 Å². The third-order valence-corrected chi connectivity index (χ3v) is 8.32. The zero-order valence-electron chi connectivity index (χ0n) is 24.0. The minimum absolute atomic E-state index is 0.0568. The Morgan fingerprint density at radius 3 is 2.31 bits per heavy atom. The minimum atomic E-state index is -0.709. The van der Waals surface area contributed by atoms with Gasteiger partial charge in [0, 0.05) is 54.9 Å². The first-order chi connectivity index (χ1) is 21.7. The lowest BCUT2D eigenvalue weighted by Gasteiger charge is -2.30. The Hall–Kier alpha value is -5.50. The molecule has 0 radical (unpaired) electrons. The van der Waals surface area contributed by atoms with Gasteiger partial charge in [0.1, 0.15) is 5.69 Å². The maximum absolute atomic E-state index is 14.2. The molecule has 1 saturated carbocycles. The van der Waals surface area contributed by atoms with Crippen molar-refractivity contribution in [3.63, 3.8) is 0 Å². The summed E-state index contributed by atoms with van der Waals surface area (Å²) in [6, 6.07) is 15.9. The number of amides is 1. The molecule has 2 aliphatic heterocycles. The fourth-order valence-corrected chi connectivity index (χ4v) is 6.26. The molecule has 3 aromatic carbocycles. The van der Waals surface area contributed by atoms with E-state index in [1.807, 2.05) is 11.0 Å². The Morgan fingerprint density at radius 2 is 1.60 bits per heavy atom. The van der Waals surface area contributed by atoms with Gasteiger partial charge in [0.15, 0.2) is 0 Å². The van der Waals surface area contributed by atoms with Crippen molar-refractivity contribution < 1.29 is 24.3 Å². The zero-order chi connectivity index (χ0) is 31.7. The molecule has 3 aromatic rings. The highest BCUT2D eigenvalue weighted by atomic mass is 16.6. The van der Waals surface area contributed by atoms with Gasteiger partial charge in [-0.05, 0) is 54.2 Å². The minimum Gasteiger partial charge on any atom is -0.378 e. The van der Waals surface area contributed by atoms with Gasteiger partial charge in [0.05, 0.1) is 39.7 Å². The molecule has 230 valence electrons. The predicted molar refractivity (Wildman–Crippen MR) is 164 cm³/mol. The Morgan fingerprint density at radius 1 is 0.889 bits per heavy atom. The molecular formula is C31H28N6O8. The monoisotopic (exact) mass is 612 g/mol. The summed E-state index contributed by atoms with van der Waals surface area (Å²) in [6.07, 6.45) is 3.80. The molecule has 14 nitrogen and oxygen atoms in total. The molecule has 1 amide bonds. The second kappa shape index (κ2) is 12.2. The van der Waals surface area contributed by atoms with Crippen molar-refractivity contribution >= 4 is 40.4 Å². The number of anilines is 1. The van der Waals surface area contributed by atoms with Crippen LogP contribution in [-0.4, -0.2) is 57.7 Å². The number of non-ortho nitro benzene ring substituents is 2. The molecule has 14 heteroatoms. The van der Waals surface area contributed by atoms with E-state index in [1.54, 1.807) is 30.3 Å². The van der Waals surface area contributed by atoms with Crippen LogP contribution < -0.4 is 4.90 Å². The number of fused-ring (bicyclic) bond motifs is 1. The predicted octanol–water partition coefficient (Wildman–Crippen LogP) is 5.68. The molecule has 1 saturated heterocycles. The van der Waals surface area contributed by atoms with Crippen LogP contribution in [0.4, 0.5) is 22.7 Å². The molecule has 1 aliphatic carbocycles. The number of carbonyl (C=O) groups excluding carboxylic acids is 1. The summed E-state index contributed by atoms with van der Waals surface area (Å²) in [5.41, 5.74) is 2.56. The molecule has 2 heterocycles. The number of nitro groups is 3. The maximum atomic E-state index is 14.2. The van der Waals surface area contributed by atoms with E-state index in [-0.39, 0.29) is 28.5 Å². The van der Waals surface area contributed by atoms with E-state index in [2.05, 4.69) is 0 Å². The molecule has 0 spiro atoms. The van der Waals surface area contributed by atoms with E-state index in [9.17, 15) is 35.1 Å². The van der Waals surface area contributed by atoms with Crippen molar-refractivity contribution in [1.82, 2.24) is 5.01 Å². The molecule has 45 heavy (non-hydrogen) atoms. The van der Waals surface area contributed by atoms with Crippen LogP contribution in [0.15, 0.2) is 77.4 Å². The second-order valence-electron chi connectivity index (χ2n) is 11.0. The molecule has 2 fully saturated rings. The van der Waals surface area contributed by atoms with Crippen molar-refractivity contribution in [2.45, 2.75) is 25.3 Å². The highest BCUT2D eigenvalue weighted by Crippen LogP contribution is 2.46. The third-order valence-electron chi connectivity index (χ3n) is 8.32. The molecule has 0 N–H and O–H groups in total. The third kappa shape index (κ3) is 5.87. The first-order valence-electron chi connectivity index (χ1n) is 14.4. The van der Waals surface area contributed by atoms with Crippen LogP contribution in [0.25, 0.3) is 6.08 Å². The Bertz CT molecular complexity index is 1770. The normalized spacial score (nSPS) is 20.4. The topological polar surface area (TPSA) is 175 Å². The van der Waals surface area contributed by atoms with Crippen LogP contribution in [0.3, 0.4) is 0 Å². The molecule has 0 bridgehead atoms. The van der Waals surface area contributed by atoms with Gasteiger partial charge in [-0.2, -0.15) is 5.10 Å². The summed E-state index contributed by atoms with van der Waals surface area (Å²) < 4.78 is 5.37. The van der Waals surface area contributed by atoms with Gasteiger partial charge in [0.25, 0.3) is 23.0 Å². The average molecular weight is 613 g/mol. The van der Waals surface area contributed by atoms with Crippen LogP contribution in [0.1, 0.15) is 46.8 Å². The Labute approximate surface area is 256 Å². The maximum Gasteiger partial charge on any atom is 0.293 e. The number of nitrogens with zero attached hydrogens (tertiary/aromatic N) is 6.